The fraction of sp³-hybridized carbons (Fsp3) is 0.700. The van der Waals surface area contributed by atoms with Gasteiger partial charge in [-0.05, 0) is 30.6 Å². The molecule has 0 aromatic heterocycles. The van der Waals surface area contributed by atoms with Gasteiger partial charge in [0.25, 0.3) is 0 Å². The standard InChI is InChI=1S/C10H15NO/c1-6-3-4-8-7(2)10(12)11-5-9(6)8/h6,8-9H,2-5H2,1H3,(H,11,12)/t6-,8?,9+/m0/s1. The second-order valence-electron chi connectivity index (χ2n) is 4.06. The molecule has 0 aromatic rings. The zero-order valence-electron chi connectivity index (χ0n) is 7.47. The monoisotopic (exact) mass is 165 g/mol. The van der Waals surface area contributed by atoms with E-state index in [9.17, 15) is 4.79 Å². The van der Waals surface area contributed by atoms with E-state index in [4.69, 9.17) is 0 Å². The highest BCUT2D eigenvalue weighted by atomic mass is 16.1. The Labute approximate surface area is 73.0 Å². The highest BCUT2D eigenvalue weighted by molar-refractivity contribution is 5.94. The zero-order valence-corrected chi connectivity index (χ0v) is 7.47. The summed E-state index contributed by atoms with van der Waals surface area (Å²) in [7, 11) is 0. The van der Waals surface area contributed by atoms with E-state index < -0.39 is 0 Å². The summed E-state index contributed by atoms with van der Waals surface area (Å²) in [6, 6.07) is 0. The third kappa shape index (κ3) is 0.977. The minimum absolute atomic E-state index is 0.0744. The highest BCUT2D eigenvalue weighted by Gasteiger charge is 2.39. The van der Waals surface area contributed by atoms with Crippen molar-refractivity contribution in [2.75, 3.05) is 6.54 Å². The van der Waals surface area contributed by atoms with Crippen LogP contribution >= 0.6 is 0 Å². The van der Waals surface area contributed by atoms with Crippen LogP contribution in [0.1, 0.15) is 19.8 Å². The molecule has 2 rings (SSSR count). The average Bonchev–Trinajstić information content (AvgIpc) is 2.41. The Morgan fingerprint density at radius 1 is 1.50 bits per heavy atom. The molecule has 12 heavy (non-hydrogen) atoms. The molecule has 1 saturated heterocycles. The van der Waals surface area contributed by atoms with E-state index in [1.54, 1.807) is 0 Å². The lowest BCUT2D eigenvalue weighted by atomic mass is 9.82. The lowest BCUT2D eigenvalue weighted by Gasteiger charge is -2.29. The molecule has 1 saturated carbocycles. The van der Waals surface area contributed by atoms with Crippen LogP contribution in [0.5, 0.6) is 0 Å². The van der Waals surface area contributed by atoms with Gasteiger partial charge >= 0.3 is 0 Å². The van der Waals surface area contributed by atoms with E-state index in [0.29, 0.717) is 11.8 Å². The topological polar surface area (TPSA) is 29.1 Å². The molecule has 2 nitrogen and oxygen atoms in total. The minimum Gasteiger partial charge on any atom is -0.352 e. The maximum atomic E-state index is 11.2. The van der Waals surface area contributed by atoms with Crippen molar-refractivity contribution in [2.45, 2.75) is 19.8 Å². The Bertz CT molecular complexity index is 234. The molecule has 1 N–H and O–H groups in total. The van der Waals surface area contributed by atoms with E-state index in [-0.39, 0.29) is 5.91 Å². The molecule has 2 heteroatoms. The van der Waals surface area contributed by atoms with Crippen LogP contribution < -0.4 is 5.32 Å². The van der Waals surface area contributed by atoms with Gasteiger partial charge in [0, 0.05) is 12.1 Å². The van der Waals surface area contributed by atoms with E-state index in [1.807, 2.05) is 0 Å². The number of carbonyl (C=O) groups excluding carboxylic acids is 1. The molecule has 0 aromatic carbocycles. The number of hydrogen-bond acceptors (Lipinski definition) is 1. The van der Waals surface area contributed by atoms with Crippen LogP contribution in [0.15, 0.2) is 12.2 Å². The molecule has 2 aliphatic rings. The number of piperidine rings is 1. The summed E-state index contributed by atoms with van der Waals surface area (Å²) < 4.78 is 0. The number of amides is 1. The average molecular weight is 165 g/mol. The van der Waals surface area contributed by atoms with Crippen molar-refractivity contribution >= 4 is 5.91 Å². The van der Waals surface area contributed by atoms with E-state index in [2.05, 4.69) is 18.8 Å². The molecular weight excluding hydrogens is 150 g/mol. The fourth-order valence-corrected chi connectivity index (χ4v) is 2.54. The van der Waals surface area contributed by atoms with Gasteiger partial charge in [-0.1, -0.05) is 13.5 Å². The predicted octanol–water partition coefficient (Wildman–Crippen LogP) is 1.33. The second-order valence-corrected chi connectivity index (χ2v) is 4.06. The summed E-state index contributed by atoms with van der Waals surface area (Å²) in [5.74, 6) is 1.97. The van der Waals surface area contributed by atoms with Gasteiger partial charge in [0.2, 0.25) is 5.91 Å². The second kappa shape index (κ2) is 2.61. The molecule has 2 fully saturated rings. The van der Waals surface area contributed by atoms with Gasteiger partial charge in [0.15, 0.2) is 0 Å². The van der Waals surface area contributed by atoms with Gasteiger partial charge < -0.3 is 5.32 Å². The first kappa shape index (κ1) is 7.84. The summed E-state index contributed by atoms with van der Waals surface area (Å²) in [5.41, 5.74) is 0.815. The van der Waals surface area contributed by atoms with Crippen LogP contribution in [0.2, 0.25) is 0 Å². The van der Waals surface area contributed by atoms with Gasteiger partial charge in [-0.3, -0.25) is 4.79 Å². The molecule has 1 aliphatic carbocycles. The quantitative estimate of drug-likeness (QED) is 0.539. The molecule has 0 radical (unpaired) electrons. The van der Waals surface area contributed by atoms with Crippen molar-refractivity contribution in [2.24, 2.45) is 17.8 Å². The van der Waals surface area contributed by atoms with Gasteiger partial charge in [-0.25, -0.2) is 0 Å². The number of nitrogens with one attached hydrogen (secondary N) is 1. The molecule has 1 amide bonds. The Hall–Kier alpha value is -0.790. The number of rotatable bonds is 0. The molecule has 1 unspecified atom stereocenters. The van der Waals surface area contributed by atoms with Crippen LogP contribution in [0.3, 0.4) is 0 Å². The fourth-order valence-electron chi connectivity index (χ4n) is 2.54. The molecular formula is C10H15NO. The van der Waals surface area contributed by atoms with E-state index >= 15 is 0 Å². The minimum atomic E-state index is 0.0744. The van der Waals surface area contributed by atoms with Crippen molar-refractivity contribution in [3.8, 4) is 0 Å². The van der Waals surface area contributed by atoms with Crippen molar-refractivity contribution in [1.82, 2.24) is 5.32 Å². The van der Waals surface area contributed by atoms with Crippen LogP contribution in [-0.2, 0) is 4.79 Å². The molecule has 1 heterocycles. The number of fused-ring (bicyclic) bond motifs is 1. The Morgan fingerprint density at radius 2 is 2.25 bits per heavy atom. The third-order valence-corrected chi connectivity index (χ3v) is 3.42. The van der Waals surface area contributed by atoms with Crippen molar-refractivity contribution in [1.29, 1.82) is 0 Å². The first-order valence-corrected chi connectivity index (χ1v) is 4.67. The van der Waals surface area contributed by atoms with E-state index in [0.717, 1.165) is 24.5 Å². The van der Waals surface area contributed by atoms with Crippen molar-refractivity contribution in [3.63, 3.8) is 0 Å². The van der Waals surface area contributed by atoms with Crippen LogP contribution in [0.4, 0.5) is 0 Å². The molecule has 0 bridgehead atoms. The third-order valence-electron chi connectivity index (χ3n) is 3.42. The number of carbonyl (C=O) groups is 1. The lowest BCUT2D eigenvalue weighted by molar-refractivity contribution is -0.119. The van der Waals surface area contributed by atoms with Crippen LogP contribution in [0.25, 0.3) is 0 Å². The summed E-state index contributed by atoms with van der Waals surface area (Å²) >= 11 is 0. The molecule has 3 atom stereocenters. The summed E-state index contributed by atoms with van der Waals surface area (Å²) in [6.07, 6.45) is 2.42. The first-order chi connectivity index (χ1) is 5.70. The predicted molar refractivity (Wildman–Crippen MR) is 47.5 cm³/mol. The first-order valence-electron chi connectivity index (χ1n) is 4.67. The SMILES string of the molecule is C=C1C(=O)NC[C@H]2C1CC[C@@H]2C. The van der Waals surface area contributed by atoms with Crippen LogP contribution in [0, 0.1) is 17.8 Å². The Kier molecular flexibility index (Phi) is 1.71. The Balaban J connectivity index is 2.19. The van der Waals surface area contributed by atoms with Gasteiger partial charge in [0.1, 0.15) is 0 Å². The normalized spacial score (nSPS) is 40.9. The van der Waals surface area contributed by atoms with Gasteiger partial charge in [-0.2, -0.15) is 0 Å². The van der Waals surface area contributed by atoms with Crippen LogP contribution in [-0.4, -0.2) is 12.5 Å². The zero-order chi connectivity index (χ0) is 8.72. The maximum Gasteiger partial charge on any atom is 0.246 e. The lowest BCUT2D eigenvalue weighted by Crippen LogP contribution is -2.41. The molecule has 0 spiro atoms. The maximum absolute atomic E-state index is 11.2. The molecule has 66 valence electrons. The molecule has 1 aliphatic heterocycles. The summed E-state index contributed by atoms with van der Waals surface area (Å²) in [6.45, 7) is 7.00. The van der Waals surface area contributed by atoms with Gasteiger partial charge in [-0.15, -0.1) is 0 Å². The highest BCUT2D eigenvalue weighted by Crippen LogP contribution is 2.41. The van der Waals surface area contributed by atoms with Gasteiger partial charge in [0.05, 0.1) is 0 Å². The summed E-state index contributed by atoms with van der Waals surface area (Å²) in [4.78, 5) is 11.2. The van der Waals surface area contributed by atoms with Crippen molar-refractivity contribution < 1.29 is 4.79 Å². The van der Waals surface area contributed by atoms with Crippen molar-refractivity contribution in [3.05, 3.63) is 12.2 Å². The summed E-state index contributed by atoms with van der Waals surface area (Å²) in [5, 5.41) is 2.90. The van der Waals surface area contributed by atoms with E-state index in [1.165, 1.54) is 6.42 Å². The smallest absolute Gasteiger partial charge is 0.246 e. The number of hydrogen-bond donors (Lipinski definition) is 1. The largest absolute Gasteiger partial charge is 0.352 e. The Morgan fingerprint density at radius 3 is 3.00 bits per heavy atom.